The first kappa shape index (κ1) is 11.5. The zero-order valence-electron chi connectivity index (χ0n) is 11.2. The molecule has 18 heavy (non-hydrogen) atoms. The Kier molecular flexibility index (Phi) is 2.52. The standard InChI is InChI=1S/C15H19N3/c1-9-15(10(2)18(3)17-9)12-4-6-13-11(8-12)5-7-14(13)16/h4,6,8,14H,5,7,16H2,1-3H3. The molecule has 0 fully saturated rings. The van der Waals surface area contributed by atoms with E-state index in [0.717, 1.165) is 18.5 Å². The van der Waals surface area contributed by atoms with Gasteiger partial charge in [-0.3, -0.25) is 4.68 Å². The number of hydrogen-bond acceptors (Lipinski definition) is 2. The summed E-state index contributed by atoms with van der Waals surface area (Å²) in [5, 5.41) is 4.49. The Morgan fingerprint density at radius 3 is 2.78 bits per heavy atom. The van der Waals surface area contributed by atoms with Gasteiger partial charge in [-0.25, -0.2) is 0 Å². The van der Waals surface area contributed by atoms with Crippen molar-refractivity contribution in [3.8, 4) is 11.1 Å². The molecule has 0 bridgehead atoms. The van der Waals surface area contributed by atoms with E-state index < -0.39 is 0 Å². The first-order chi connectivity index (χ1) is 8.58. The molecule has 3 nitrogen and oxygen atoms in total. The first-order valence-corrected chi connectivity index (χ1v) is 6.47. The second kappa shape index (κ2) is 3.95. The molecular formula is C15H19N3. The van der Waals surface area contributed by atoms with E-state index in [1.807, 2.05) is 11.7 Å². The van der Waals surface area contributed by atoms with Crippen molar-refractivity contribution in [2.24, 2.45) is 12.8 Å². The van der Waals surface area contributed by atoms with Crippen LogP contribution < -0.4 is 5.73 Å². The summed E-state index contributed by atoms with van der Waals surface area (Å²) in [4.78, 5) is 0. The summed E-state index contributed by atoms with van der Waals surface area (Å²) in [6.07, 6.45) is 2.17. The van der Waals surface area contributed by atoms with E-state index in [1.54, 1.807) is 0 Å². The van der Waals surface area contributed by atoms with Crippen molar-refractivity contribution in [3.05, 3.63) is 40.7 Å². The van der Waals surface area contributed by atoms with Crippen LogP contribution in [0.4, 0.5) is 0 Å². The molecule has 1 atom stereocenters. The first-order valence-electron chi connectivity index (χ1n) is 6.47. The Balaban J connectivity index is 2.13. The maximum absolute atomic E-state index is 6.08. The Labute approximate surface area is 108 Å². The molecule has 0 saturated heterocycles. The Morgan fingerprint density at radius 2 is 2.11 bits per heavy atom. The van der Waals surface area contributed by atoms with Gasteiger partial charge in [-0.05, 0) is 43.4 Å². The minimum atomic E-state index is 0.227. The molecule has 0 saturated carbocycles. The molecule has 1 heterocycles. The van der Waals surface area contributed by atoms with Gasteiger partial charge in [0.25, 0.3) is 0 Å². The van der Waals surface area contributed by atoms with Crippen molar-refractivity contribution in [1.29, 1.82) is 0 Å². The van der Waals surface area contributed by atoms with Gasteiger partial charge in [0.15, 0.2) is 0 Å². The number of hydrogen-bond donors (Lipinski definition) is 1. The molecule has 0 aliphatic heterocycles. The van der Waals surface area contributed by atoms with Gasteiger partial charge in [0, 0.05) is 24.3 Å². The van der Waals surface area contributed by atoms with Gasteiger partial charge in [-0.15, -0.1) is 0 Å². The number of benzene rings is 1. The summed E-state index contributed by atoms with van der Waals surface area (Å²) in [7, 11) is 2.00. The predicted molar refractivity (Wildman–Crippen MR) is 73.4 cm³/mol. The molecule has 1 aliphatic rings. The van der Waals surface area contributed by atoms with Crippen molar-refractivity contribution < 1.29 is 0 Å². The van der Waals surface area contributed by atoms with Crippen LogP contribution in [-0.4, -0.2) is 9.78 Å². The molecule has 3 rings (SSSR count). The maximum Gasteiger partial charge on any atom is 0.0674 e. The van der Waals surface area contributed by atoms with Gasteiger partial charge >= 0.3 is 0 Å². The normalized spacial score (nSPS) is 18.1. The van der Waals surface area contributed by atoms with Crippen molar-refractivity contribution >= 4 is 0 Å². The molecule has 94 valence electrons. The smallest absolute Gasteiger partial charge is 0.0674 e. The fraction of sp³-hybridized carbons (Fsp3) is 0.400. The SMILES string of the molecule is Cc1nn(C)c(C)c1-c1ccc2c(c1)CCC2N. The third-order valence-corrected chi connectivity index (χ3v) is 4.06. The lowest BCUT2D eigenvalue weighted by Gasteiger charge is -2.08. The van der Waals surface area contributed by atoms with Crippen LogP contribution >= 0.6 is 0 Å². The maximum atomic E-state index is 6.08. The number of aromatic nitrogens is 2. The number of nitrogens with two attached hydrogens (primary N) is 1. The van der Waals surface area contributed by atoms with E-state index in [4.69, 9.17) is 5.73 Å². The summed E-state index contributed by atoms with van der Waals surface area (Å²) < 4.78 is 1.95. The third-order valence-electron chi connectivity index (χ3n) is 4.06. The molecule has 0 amide bonds. The van der Waals surface area contributed by atoms with Crippen LogP contribution in [0.15, 0.2) is 18.2 Å². The highest BCUT2D eigenvalue weighted by atomic mass is 15.3. The van der Waals surface area contributed by atoms with Gasteiger partial charge in [-0.1, -0.05) is 18.2 Å². The monoisotopic (exact) mass is 241 g/mol. The van der Waals surface area contributed by atoms with Crippen LogP contribution in [0.5, 0.6) is 0 Å². The van der Waals surface area contributed by atoms with Gasteiger partial charge in [0.05, 0.1) is 5.69 Å². The molecule has 3 heteroatoms. The van der Waals surface area contributed by atoms with Crippen LogP contribution in [0, 0.1) is 13.8 Å². The predicted octanol–water partition coefficient (Wildman–Crippen LogP) is 2.65. The zero-order chi connectivity index (χ0) is 12.9. The lowest BCUT2D eigenvalue weighted by atomic mass is 9.98. The fourth-order valence-electron chi connectivity index (χ4n) is 3.00. The Hall–Kier alpha value is -1.61. The minimum Gasteiger partial charge on any atom is -0.324 e. The Bertz CT molecular complexity index is 610. The lowest BCUT2D eigenvalue weighted by Crippen LogP contribution is -2.04. The van der Waals surface area contributed by atoms with E-state index in [2.05, 4.69) is 37.1 Å². The van der Waals surface area contributed by atoms with Gasteiger partial charge in [-0.2, -0.15) is 5.10 Å². The van der Waals surface area contributed by atoms with E-state index in [-0.39, 0.29) is 6.04 Å². The van der Waals surface area contributed by atoms with E-state index in [1.165, 1.54) is 27.9 Å². The molecule has 2 N–H and O–H groups in total. The van der Waals surface area contributed by atoms with Crippen LogP contribution in [0.3, 0.4) is 0 Å². The van der Waals surface area contributed by atoms with Crippen molar-refractivity contribution in [2.75, 3.05) is 0 Å². The van der Waals surface area contributed by atoms with Crippen molar-refractivity contribution in [1.82, 2.24) is 9.78 Å². The largest absolute Gasteiger partial charge is 0.324 e. The highest BCUT2D eigenvalue weighted by Crippen LogP contribution is 2.34. The quantitative estimate of drug-likeness (QED) is 0.834. The molecule has 1 aromatic heterocycles. The highest BCUT2D eigenvalue weighted by Gasteiger charge is 2.20. The van der Waals surface area contributed by atoms with Crippen molar-refractivity contribution in [3.63, 3.8) is 0 Å². The molecule has 1 aliphatic carbocycles. The summed E-state index contributed by atoms with van der Waals surface area (Å²) in [6.45, 7) is 4.19. The summed E-state index contributed by atoms with van der Waals surface area (Å²) in [5.74, 6) is 0. The number of fused-ring (bicyclic) bond motifs is 1. The molecule has 1 aromatic carbocycles. The molecule has 1 unspecified atom stereocenters. The van der Waals surface area contributed by atoms with Crippen LogP contribution in [-0.2, 0) is 13.5 Å². The van der Waals surface area contributed by atoms with Gasteiger partial charge in [0.1, 0.15) is 0 Å². The van der Waals surface area contributed by atoms with Gasteiger partial charge in [0.2, 0.25) is 0 Å². The van der Waals surface area contributed by atoms with Crippen LogP contribution in [0.2, 0.25) is 0 Å². The average molecular weight is 241 g/mol. The molecule has 0 spiro atoms. The van der Waals surface area contributed by atoms with Crippen LogP contribution in [0.25, 0.3) is 11.1 Å². The van der Waals surface area contributed by atoms with Crippen LogP contribution in [0.1, 0.15) is 35.0 Å². The number of aryl methyl sites for hydroxylation is 3. The fourth-order valence-corrected chi connectivity index (χ4v) is 3.00. The summed E-state index contributed by atoms with van der Waals surface area (Å²) in [5.41, 5.74) is 13.7. The highest BCUT2D eigenvalue weighted by molar-refractivity contribution is 5.70. The molecule has 2 aromatic rings. The Morgan fingerprint density at radius 1 is 1.33 bits per heavy atom. The average Bonchev–Trinajstić information content (AvgIpc) is 2.81. The molecular weight excluding hydrogens is 222 g/mol. The lowest BCUT2D eigenvalue weighted by molar-refractivity contribution is 0.713. The van der Waals surface area contributed by atoms with E-state index in [9.17, 15) is 0 Å². The second-order valence-electron chi connectivity index (χ2n) is 5.23. The van der Waals surface area contributed by atoms with E-state index in [0.29, 0.717) is 0 Å². The topological polar surface area (TPSA) is 43.8 Å². The zero-order valence-corrected chi connectivity index (χ0v) is 11.2. The number of nitrogens with zero attached hydrogens (tertiary/aromatic N) is 2. The van der Waals surface area contributed by atoms with E-state index >= 15 is 0 Å². The summed E-state index contributed by atoms with van der Waals surface area (Å²) in [6, 6.07) is 6.89. The van der Waals surface area contributed by atoms with Crippen molar-refractivity contribution in [2.45, 2.75) is 32.7 Å². The molecule has 0 radical (unpaired) electrons. The summed E-state index contributed by atoms with van der Waals surface area (Å²) >= 11 is 0. The second-order valence-corrected chi connectivity index (χ2v) is 5.23. The third kappa shape index (κ3) is 1.58. The minimum absolute atomic E-state index is 0.227. The number of rotatable bonds is 1. The van der Waals surface area contributed by atoms with Gasteiger partial charge < -0.3 is 5.73 Å².